The average molecular weight is 158 g/mol. The lowest BCUT2D eigenvalue weighted by Crippen LogP contribution is -2.05. The van der Waals surface area contributed by atoms with Crippen molar-refractivity contribution in [1.82, 2.24) is 0 Å². The highest BCUT2D eigenvalue weighted by Gasteiger charge is 2.11. The van der Waals surface area contributed by atoms with Crippen LogP contribution in [0.2, 0.25) is 0 Å². The van der Waals surface area contributed by atoms with Crippen molar-refractivity contribution in [3.05, 3.63) is 0 Å². The van der Waals surface area contributed by atoms with Crippen LogP contribution in [0.4, 0.5) is 4.39 Å². The minimum atomic E-state index is -0.118. The summed E-state index contributed by atoms with van der Waals surface area (Å²) in [7, 11) is 0. The molecular weight excluding hydrogens is 139 g/mol. The third-order valence-corrected chi connectivity index (χ3v) is 2.72. The van der Waals surface area contributed by atoms with E-state index in [1.807, 2.05) is 0 Å². The predicted molar refractivity (Wildman–Crippen MR) is 46.4 cm³/mol. The summed E-state index contributed by atoms with van der Waals surface area (Å²) >= 11 is 0. The number of hydrogen-bond acceptors (Lipinski definition) is 0. The van der Waals surface area contributed by atoms with Gasteiger partial charge in [-0.25, -0.2) is 0 Å². The molecule has 0 atom stereocenters. The van der Waals surface area contributed by atoms with Crippen molar-refractivity contribution in [2.45, 2.75) is 51.4 Å². The number of unbranched alkanes of at least 4 members (excludes halogenated alkanes) is 1. The largest absolute Gasteiger partial charge is 0.251 e. The zero-order valence-corrected chi connectivity index (χ0v) is 7.32. The van der Waals surface area contributed by atoms with E-state index in [0.717, 1.165) is 18.8 Å². The van der Waals surface area contributed by atoms with Crippen LogP contribution in [-0.2, 0) is 0 Å². The normalized spacial score (nSPS) is 20.5. The van der Waals surface area contributed by atoms with E-state index in [9.17, 15) is 4.39 Å². The molecule has 0 aromatic carbocycles. The van der Waals surface area contributed by atoms with Gasteiger partial charge in [-0.2, -0.15) is 0 Å². The maximum atomic E-state index is 11.7. The molecule has 0 nitrogen and oxygen atoms in total. The van der Waals surface area contributed by atoms with E-state index in [4.69, 9.17) is 0 Å². The van der Waals surface area contributed by atoms with Crippen molar-refractivity contribution >= 4 is 0 Å². The molecule has 0 saturated heterocycles. The van der Waals surface area contributed by atoms with Crippen LogP contribution in [-0.4, -0.2) is 6.67 Å². The summed E-state index contributed by atoms with van der Waals surface area (Å²) in [5.74, 6) is 0.940. The fourth-order valence-electron chi connectivity index (χ4n) is 2.00. The lowest BCUT2D eigenvalue weighted by molar-refractivity contribution is 0.322. The van der Waals surface area contributed by atoms with Gasteiger partial charge in [-0.15, -0.1) is 0 Å². The van der Waals surface area contributed by atoms with E-state index < -0.39 is 0 Å². The molecule has 0 aromatic rings. The molecule has 1 fully saturated rings. The molecule has 0 heterocycles. The lowest BCUT2D eigenvalue weighted by atomic mass is 9.86. The molecule has 11 heavy (non-hydrogen) atoms. The molecular formula is C10H19F. The summed E-state index contributed by atoms with van der Waals surface area (Å²) in [4.78, 5) is 0. The van der Waals surface area contributed by atoms with Gasteiger partial charge in [-0.3, -0.25) is 4.39 Å². The van der Waals surface area contributed by atoms with E-state index >= 15 is 0 Å². The number of halogens is 1. The molecule has 1 aliphatic rings. The SMILES string of the molecule is FCCCCC1CCCCC1. The summed E-state index contributed by atoms with van der Waals surface area (Å²) in [6.45, 7) is -0.118. The first-order valence-electron chi connectivity index (χ1n) is 4.99. The molecule has 1 rings (SSSR count). The molecule has 0 unspecified atom stereocenters. The summed E-state index contributed by atoms with van der Waals surface area (Å²) in [5.41, 5.74) is 0. The van der Waals surface area contributed by atoms with E-state index in [-0.39, 0.29) is 6.67 Å². The van der Waals surface area contributed by atoms with Crippen molar-refractivity contribution in [1.29, 1.82) is 0 Å². The number of rotatable bonds is 4. The summed E-state index contributed by atoms with van der Waals surface area (Å²) < 4.78 is 11.7. The van der Waals surface area contributed by atoms with Crippen molar-refractivity contribution in [3.63, 3.8) is 0 Å². The highest BCUT2D eigenvalue weighted by molar-refractivity contribution is 4.65. The second-order valence-corrected chi connectivity index (χ2v) is 3.69. The van der Waals surface area contributed by atoms with Gasteiger partial charge in [-0.1, -0.05) is 44.9 Å². The van der Waals surface area contributed by atoms with E-state index in [1.54, 1.807) is 0 Å². The molecule has 0 aromatic heterocycles. The fourth-order valence-corrected chi connectivity index (χ4v) is 2.00. The summed E-state index contributed by atoms with van der Waals surface area (Å²) in [6, 6.07) is 0. The Morgan fingerprint density at radius 2 is 1.73 bits per heavy atom. The van der Waals surface area contributed by atoms with Gasteiger partial charge >= 0.3 is 0 Å². The third-order valence-electron chi connectivity index (χ3n) is 2.72. The third kappa shape index (κ3) is 3.74. The maximum absolute atomic E-state index is 11.7. The smallest absolute Gasteiger partial charge is 0.0894 e. The second kappa shape index (κ2) is 5.56. The number of alkyl halides is 1. The quantitative estimate of drug-likeness (QED) is 0.547. The topological polar surface area (TPSA) is 0 Å². The molecule has 0 spiro atoms. The van der Waals surface area contributed by atoms with Crippen molar-refractivity contribution < 1.29 is 4.39 Å². The van der Waals surface area contributed by atoms with Crippen LogP contribution in [0.1, 0.15) is 51.4 Å². The zero-order valence-electron chi connectivity index (χ0n) is 7.32. The Balaban J connectivity index is 1.96. The Morgan fingerprint density at radius 3 is 2.36 bits per heavy atom. The summed E-state index contributed by atoms with van der Waals surface area (Å²) in [5, 5.41) is 0. The van der Waals surface area contributed by atoms with Crippen LogP contribution in [0.3, 0.4) is 0 Å². The standard InChI is InChI=1S/C10H19F/c11-9-5-4-8-10-6-2-1-3-7-10/h10H,1-9H2. The molecule has 1 saturated carbocycles. The molecule has 1 aliphatic carbocycles. The first-order chi connectivity index (χ1) is 5.43. The van der Waals surface area contributed by atoms with Gasteiger partial charge in [0.15, 0.2) is 0 Å². The van der Waals surface area contributed by atoms with E-state index in [0.29, 0.717) is 0 Å². The van der Waals surface area contributed by atoms with Crippen LogP contribution >= 0.6 is 0 Å². The lowest BCUT2D eigenvalue weighted by Gasteiger charge is -2.20. The van der Waals surface area contributed by atoms with E-state index in [2.05, 4.69) is 0 Å². The van der Waals surface area contributed by atoms with Crippen LogP contribution < -0.4 is 0 Å². The van der Waals surface area contributed by atoms with E-state index in [1.165, 1.54) is 38.5 Å². The fraction of sp³-hybridized carbons (Fsp3) is 1.00. The Morgan fingerprint density at radius 1 is 1.00 bits per heavy atom. The van der Waals surface area contributed by atoms with Gasteiger partial charge in [0.1, 0.15) is 0 Å². The van der Waals surface area contributed by atoms with Crippen molar-refractivity contribution in [2.75, 3.05) is 6.67 Å². The Labute approximate surface area is 69.2 Å². The maximum Gasteiger partial charge on any atom is 0.0894 e. The van der Waals surface area contributed by atoms with Gasteiger partial charge in [-0.05, 0) is 12.3 Å². The molecule has 0 amide bonds. The van der Waals surface area contributed by atoms with Gasteiger partial charge in [0, 0.05) is 0 Å². The summed E-state index contributed by atoms with van der Waals surface area (Å²) in [6.07, 6.45) is 10.3. The predicted octanol–water partition coefficient (Wildman–Crippen LogP) is 3.71. The molecule has 0 radical (unpaired) electrons. The van der Waals surface area contributed by atoms with Gasteiger partial charge < -0.3 is 0 Å². The molecule has 0 N–H and O–H groups in total. The molecule has 66 valence electrons. The first-order valence-corrected chi connectivity index (χ1v) is 4.99. The number of hydrogen-bond donors (Lipinski definition) is 0. The van der Waals surface area contributed by atoms with Gasteiger partial charge in [0.05, 0.1) is 6.67 Å². The van der Waals surface area contributed by atoms with Crippen LogP contribution in [0.5, 0.6) is 0 Å². The van der Waals surface area contributed by atoms with Gasteiger partial charge in [0.2, 0.25) is 0 Å². The minimum Gasteiger partial charge on any atom is -0.251 e. The average Bonchev–Trinajstić information content (AvgIpc) is 2.07. The minimum absolute atomic E-state index is 0.118. The monoisotopic (exact) mass is 158 g/mol. The second-order valence-electron chi connectivity index (χ2n) is 3.69. The van der Waals surface area contributed by atoms with Crippen LogP contribution in [0.25, 0.3) is 0 Å². The molecule has 0 bridgehead atoms. The Bertz CT molecular complexity index is 84.9. The highest BCUT2D eigenvalue weighted by Crippen LogP contribution is 2.27. The molecule has 0 aliphatic heterocycles. The zero-order chi connectivity index (χ0) is 7.94. The Hall–Kier alpha value is -0.0700. The Kier molecular flexibility index (Phi) is 4.56. The van der Waals surface area contributed by atoms with Crippen molar-refractivity contribution in [3.8, 4) is 0 Å². The highest BCUT2D eigenvalue weighted by atomic mass is 19.1. The van der Waals surface area contributed by atoms with Gasteiger partial charge in [0.25, 0.3) is 0 Å². The van der Waals surface area contributed by atoms with Crippen LogP contribution in [0, 0.1) is 5.92 Å². The van der Waals surface area contributed by atoms with Crippen LogP contribution in [0.15, 0.2) is 0 Å². The molecule has 1 heteroatoms. The first kappa shape index (κ1) is 9.02. The van der Waals surface area contributed by atoms with Crippen molar-refractivity contribution in [2.24, 2.45) is 5.92 Å².